The number of amides is 1. The topological polar surface area (TPSA) is 41.6 Å². The number of hydrogen-bond donors (Lipinski definition) is 1. The van der Waals surface area contributed by atoms with Crippen molar-refractivity contribution in [3.8, 4) is 5.75 Å². The molecule has 162 valence electrons. The second-order valence-electron chi connectivity index (χ2n) is 7.62. The Morgan fingerprint density at radius 1 is 1.23 bits per heavy atom. The maximum atomic E-state index is 14.0. The second kappa shape index (κ2) is 8.63. The minimum absolute atomic E-state index is 0.0244. The van der Waals surface area contributed by atoms with E-state index in [2.05, 4.69) is 5.32 Å². The van der Waals surface area contributed by atoms with Crippen molar-refractivity contribution in [1.29, 1.82) is 0 Å². The normalized spacial score (nSPS) is 20.7. The minimum Gasteiger partial charge on any atom is -0.494 e. The van der Waals surface area contributed by atoms with Crippen molar-refractivity contribution in [2.24, 2.45) is 5.41 Å². The van der Waals surface area contributed by atoms with Crippen LogP contribution < -0.4 is 10.1 Å². The number of likely N-dealkylation sites (tertiary alicyclic amines) is 1. The average Bonchev–Trinajstić information content (AvgIpc) is 3.14. The monoisotopic (exact) mass is 424 g/mol. The summed E-state index contributed by atoms with van der Waals surface area (Å²) in [5.74, 6) is -1.71. The third-order valence-electron chi connectivity index (χ3n) is 5.60. The summed E-state index contributed by atoms with van der Waals surface area (Å²) < 4.78 is 60.9. The number of carbonyl (C=O) groups is 1. The molecular formula is C22H24F4N2O2. The maximum Gasteiger partial charge on any atom is 0.404 e. The van der Waals surface area contributed by atoms with Gasteiger partial charge in [-0.15, -0.1) is 0 Å². The van der Waals surface area contributed by atoms with Crippen molar-refractivity contribution >= 4 is 5.91 Å². The van der Waals surface area contributed by atoms with E-state index in [9.17, 15) is 22.4 Å². The minimum atomic E-state index is -4.70. The summed E-state index contributed by atoms with van der Waals surface area (Å²) in [7, 11) is 1.32. The lowest BCUT2D eigenvalue weighted by Crippen LogP contribution is -2.52. The molecule has 4 nitrogen and oxygen atoms in total. The number of alkyl halides is 3. The molecule has 0 unspecified atom stereocenters. The van der Waals surface area contributed by atoms with Gasteiger partial charge in [-0.05, 0) is 43.1 Å². The second-order valence-corrected chi connectivity index (χ2v) is 7.62. The first-order valence-electron chi connectivity index (χ1n) is 9.64. The van der Waals surface area contributed by atoms with E-state index in [0.717, 1.165) is 11.6 Å². The van der Waals surface area contributed by atoms with Crippen molar-refractivity contribution in [3.63, 3.8) is 0 Å². The molecular weight excluding hydrogens is 400 g/mol. The Balaban J connectivity index is 1.75. The van der Waals surface area contributed by atoms with Gasteiger partial charge in [-0.2, -0.15) is 13.2 Å². The van der Waals surface area contributed by atoms with Crippen molar-refractivity contribution in [1.82, 2.24) is 10.2 Å². The SMILES string of the molecule is COc1ccc([C@@H](C)NC(=O)[C@@]2(C(F)(F)F)CCN(Cc3ccccc3)C2)cc1F. The largest absolute Gasteiger partial charge is 0.494 e. The number of hydrogen-bond acceptors (Lipinski definition) is 3. The van der Waals surface area contributed by atoms with Gasteiger partial charge in [0.15, 0.2) is 17.0 Å². The predicted molar refractivity (Wildman–Crippen MR) is 104 cm³/mol. The van der Waals surface area contributed by atoms with Crippen molar-refractivity contribution in [2.45, 2.75) is 32.1 Å². The number of nitrogens with one attached hydrogen (secondary N) is 1. The van der Waals surface area contributed by atoms with Crippen LogP contribution in [-0.4, -0.2) is 37.2 Å². The standard InChI is InChI=1S/C22H24F4N2O2/c1-15(17-8-9-19(30-2)18(23)12-17)27-20(29)21(22(24,25)26)10-11-28(14-21)13-16-6-4-3-5-7-16/h3-9,12,15H,10-11,13-14H2,1-2H3,(H,27,29)/t15-,21-/m1/s1. The summed E-state index contributed by atoms with van der Waals surface area (Å²) in [6, 6.07) is 12.4. The molecule has 1 heterocycles. The average molecular weight is 424 g/mol. The molecule has 30 heavy (non-hydrogen) atoms. The molecule has 0 bridgehead atoms. The summed E-state index contributed by atoms with van der Waals surface area (Å²) >= 11 is 0. The lowest BCUT2D eigenvalue weighted by atomic mass is 9.84. The summed E-state index contributed by atoms with van der Waals surface area (Å²) in [6.07, 6.45) is -5.02. The predicted octanol–water partition coefficient (Wildman–Crippen LogP) is 4.47. The van der Waals surface area contributed by atoms with E-state index < -0.39 is 35.9 Å². The molecule has 0 radical (unpaired) electrons. The number of benzene rings is 2. The molecule has 1 aliphatic heterocycles. The zero-order valence-electron chi connectivity index (χ0n) is 16.8. The van der Waals surface area contributed by atoms with E-state index in [1.165, 1.54) is 26.2 Å². The fraction of sp³-hybridized carbons (Fsp3) is 0.409. The summed E-state index contributed by atoms with van der Waals surface area (Å²) in [5.41, 5.74) is -1.25. The highest BCUT2D eigenvalue weighted by Gasteiger charge is 2.63. The van der Waals surface area contributed by atoms with Crippen LogP contribution in [-0.2, 0) is 11.3 Å². The molecule has 0 spiro atoms. The maximum absolute atomic E-state index is 14.0. The van der Waals surface area contributed by atoms with Crippen molar-refractivity contribution in [3.05, 3.63) is 65.5 Å². The smallest absolute Gasteiger partial charge is 0.404 e. The number of nitrogens with zero attached hydrogens (tertiary/aromatic N) is 1. The Bertz CT molecular complexity index is 888. The lowest BCUT2D eigenvalue weighted by molar-refractivity contribution is -0.218. The van der Waals surface area contributed by atoms with E-state index in [0.29, 0.717) is 12.1 Å². The summed E-state index contributed by atoms with van der Waals surface area (Å²) in [4.78, 5) is 14.5. The van der Waals surface area contributed by atoms with E-state index >= 15 is 0 Å². The van der Waals surface area contributed by atoms with Crippen LogP contribution in [0.4, 0.5) is 17.6 Å². The van der Waals surface area contributed by atoms with Gasteiger partial charge in [0, 0.05) is 13.1 Å². The van der Waals surface area contributed by atoms with Gasteiger partial charge < -0.3 is 10.1 Å². The zero-order valence-corrected chi connectivity index (χ0v) is 16.8. The highest BCUT2D eigenvalue weighted by atomic mass is 19.4. The quantitative estimate of drug-likeness (QED) is 0.696. The Morgan fingerprint density at radius 2 is 1.93 bits per heavy atom. The lowest BCUT2D eigenvalue weighted by Gasteiger charge is -2.32. The number of rotatable bonds is 6. The van der Waals surface area contributed by atoms with Gasteiger partial charge in [-0.3, -0.25) is 9.69 Å². The Hall–Kier alpha value is -2.61. The molecule has 0 aliphatic carbocycles. The van der Waals surface area contributed by atoms with E-state index in [1.807, 2.05) is 30.3 Å². The fourth-order valence-electron chi connectivity index (χ4n) is 3.78. The molecule has 2 aromatic carbocycles. The number of methoxy groups -OCH3 is 1. The Kier molecular flexibility index (Phi) is 6.36. The molecule has 1 fully saturated rings. The van der Waals surface area contributed by atoms with Crippen LogP contribution in [0.1, 0.15) is 30.5 Å². The number of ether oxygens (including phenoxy) is 1. The van der Waals surface area contributed by atoms with Crippen LogP contribution in [0.25, 0.3) is 0 Å². The van der Waals surface area contributed by atoms with Crippen LogP contribution in [0.15, 0.2) is 48.5 Å². The number of halogens is 4. The third kappa shape index (κ3) is 4.43. The van der Waals surface area contributed by atoms with Gasteiger partial charge in [-0.25, -0.2) is 4.39 Å². The molecule has 0 saturated carbocycles. The molecule has 2 aromatic rings. The van der Waals surface area contributed by atoms with Crippen LogP contribution in [0.3, 0.4) is 0 Å². The van der Waals surface area contributed by atoms with E-state index in [4.69, 9.17) is 4.74 Å². The molecule has 2 atom stereocenters. The fourth-order valence-corrected chi connectivity index (χ4v) is 3.78. The molecule has 1 aliphatic rings. The summed E-state index contributed by atoms with van der Waals surface area (Å²) in [6.45, 7) is 1.61. The summed E-state index contributed by atoms with van der Waals surface area (Å²) in [5, 5.41) is 2.44. The van der Waals surface area contributed by atoms with Crippen LogP contribution in [0, 0.1) is 11.2 Å². The molecule has 0 aromatic heterocycles. The zero-order chi connectivity index (χ0) is 21.9. The van der Waals surface area contributed by atoms with Crippen LogP contribution in [0.2, 0.25) is 0 Å². The van der Waals surface area contributed by atoms with E-state index in [-0.39, 0.29) is 18.7 Å². The van der Waals surface area contributed by atoms with E-state index in [1.54, 1.807) is 4.90 Å². The first-order valence-corrected chi connectivity index (χ1v) is 9.64. The molecule has 1 N–H and O–H groups in total. The van der Waals surface area contributed by atoms with Gasteiger partial charge in [0.2, 0.25) is 5.91 Å². The molecule has 1 amide bonds. The van der Waals surface area contributed by atoms with Gasteiger partial charge in [0.05, 0.1) is 13.2 Å². The van der Waals surface area contributed by atoms with Crippen LogP contribution >= 0.6 is 0 Å². The molecule has 1 saturated heterocycles. The number of carbonyl (C=O) groups excluding carboxylic acids is 1. The third-order valence-corrected chi connectivity index (χ3v) is 5.60. The van der Waals surface area contributed by atoms with Crippen molar-refractivity contribution in [2.75, 3.05) is 20.2 Å². The van der Waals surface area contributed by atoms with Gasteiger partial charge in [-0.1, -0.05) is 36.4 Å². The van der Waals surface area contributed by atoms with Gasteiger partial charge >= 0.3 is 6.18 Å². The van der Waals surface area contributed by atoms with Gasteiger partial charge in [0.25, 0.3) is 0 Å². The van der Waals surface area contributed by atoms with Crippen LogP contribution in [0.5, 0.6) is 5.75 Å². The highest BCUT2D eigenvalue weighted by Crippen LogP contribution is 2.46. The first kappa shape index (κ1) is 22.1. The van der Waals surface area contributed by atoms with Crippen molar-refractivity contribution < 1.29 is 27.1 Å². The van der Waals surface area contributed by atoms with Gasteiger partial charge in [0.1, 0.15) is 0 Å². The Morgan fingerprint density at radius 3 is 2.53 bits per heavy atom. The first-order chi connectivity index (χ1) is 14.2. The molecule has 8 heteroatoms. The Labute approximate surface area is 172 Å². The highest BCUT2D eigenvalue weighted by molar-refractivity contribution is 5.84. The molecule has 3 rings (SSSR count).